The first-order valence-electron chi connectivity index (χ1n) is 6.16. The molecule has 1 aromatic carbocycles. The molecule has 0 aliphatic rings. The standard InChI is InChI=1S/C14H14N4O2/c1-8-13-11(7-12(19)17(8)2)16-18(14(13)20)10-5-3-4-9(15)6-10/h3-7,16H,15H2,1-2H3. The van der Waals surface area contributed by atoms with E-state index in [1.807, 2.05) is 0 Å². The molecular weight excluding hydrogens is 256 g/mol. The lowest BCUT2D eigenvalue weighted by molar-refractivity contribution is 0.830. The van der Waals surface area contributed by atoms with Gasteiger partial charge in [0.25, 0.3) is 11.1 Å². The highest BCUT2D eigenvalue weighted by atomic mass is 16.1. The van der Waals surface area contributed by atoms with Crippen LogP contribution in [0.25, 0.3) is 16.6 Å². The molecule has 0 amide bonds. The van der Waals surface area contributed by atoms with E-state index in [-0.39, 0.29) is 11.1 Å². The number of pyridine rings is 1. The van der Waals surface area contributed by atoms with E-state index in [1.54, 1.807) is 38.2 Å². The van der Waals surface area contributed by atoms with E-state index in [2.05, 4.69) is 5.10 Å². The van der Waals surface area contributed by atoms with Gasteiger partial charge in [0.05, 0.1) is 16.6 Å². The molecule has 2 heterocycles. The molecule has 0 atom stereocenters. The molecular formula is C14H14N4O2. The molecule has 0 bridgehead atoms. The van der Waals surface area contributed by atoms with Crippen LogP contribution in [-0.2, 0) is 7.05 Å². The molecule has 0 saturated heterocycles. The first kappa shape index (κ1) is 12.3. The fourth-order valence-electron chi connectivity index (χ4n) is 2.31. The van der Waals surface area contributed by atoms with Gasteiger partial charge in [0, 0.05) is 24.5 Å². The minimum atomic E-state index is -0.196. The maximum absolute atomic E-state index is 12.5. The first-order valence-corrected chi connectivity index (χ1v) is 6.16. The van der Waals surface area contributed by atoms with E-state index < -0.39 is 0 Å². The summed E-state index contributed by atoms with van der Waals surface area (Å²) in [4.78, 5) is 24.3. The lowest BCUT2D eigenvalue weighted by Gasteiger charge is -2.01. The number of rotatable bonds is 1. The zero-order valence-electron chi connectivity index (χ0n) is 11.2. The average molecular weight is 270 g/mol. The molecule has 3 N–H and O–H groups in total. The molecule has 0 saturated carbocycles. The summed E-state index contributed by atoms with van der Waals surface area (Å²) in [5.74, 6) is 0. The Morgan fingerprint density at radius 1 is 1.20 bits per heavy atom. The largest absolute Gasteiger partial charge is 0.399 e. The van der Waals surface area contributed by atoms with Gasteiger partial charge >= 0.3 is 0 Å². The number of nitrogens with zero attached hydrogens (tertiary/aromatic N) is 2. The number of fused-ring (bicyclic) bond motifs is 1. The van der Waals surface area contributed by atoms with Crippen molar-refractivity contribution < 1.29 is 0 Å². The fraction of sp³-hybridized carbons (Fsp3) is 0.143. The summed E-state index contributed by atoms with van der Waals surface area (Å²) in [7, 11) is 1.65. The predicted octanol–water partition coefficient (Wildman–Crippen LogP) is 0.908. The van der Waals surface area contributed by atoms with Gasteiger partial charge in [-0.1, -0.05) is 6.07 Å². The minimum Gasteiger partial charge on any atom is -0.399 e. The van der Waals surface area contributed by atoms with Crippen molar-refractivity contribution in [2.24, 2.45) is 7.05 Å². The molecule has 102 valence electrons. The van der Waals surface area contributed by atoms with E-state index >= 15 is 0 Å². The molecule has 0 radical (unpaired) electrons. The Balaban J connectivity index is 2.41. The van der Waals surface area contributed by atoms with Gasteiger partial charge in [0.1, 0.15) is 0 Å². The van der Waals surface area contributed by atoms with Crippen LogP contribution in [0, 0.1) is 6.92 Å². The summed E-state index contributed by atoms with van der Waals surface area (Å²) in [5.41, 5.74) is 7.75. The Bertz CT molecular complexity index is 930. The van der Waals surface area contributed by atoms with Crippen molar-refractivity contribution in [3.63, 3.8) is 0 Å². The number of nitrogens with two attached hydrogens (primary N) is 1. The first-order chi connectivity index (χ1) is 9.49. The van der Waals surface area contributed by atoms with Crippen LogP contribution >= 0.6 is 0 Å². The van der Waals surface area contributed by atoms with Crippen molar-refractivity contribution in [1.82, 2.24) is 14.3 Å². The lowest BCUT2D eigenvalue weighted by Crippen LogP contribution is -2.20. The third-order valence-corrected chi connectivity index (χ3v) is 3.51. The summed E-state index contributed by atoms with van der Waals surface area (Å²) in [6, 6.07) is 8.42. The van der Waals surface area contributed by atoms with E-state index in [4.69, 9.17) is 5.73 Å². The number of benzene rings is 1. The van der Waals surface area contributed by atoms with E-state index in [9.17, 15) is 9.59 Å². The number of aromatic amines is 1. The van der Waals surface area contributed by atoms with Crippen molar-refractivity contribution in [3.05, 3.63) is 56.7 Å². The Labute approximate surface area is 114 Å². The zero-order chi connectivity index (χ0) is 14.4. The normalized spacial score (nSPS) is 11.1. The number of nitrogen functional groups attached to an aromatic ring is 1. The van der Waals surface area contributed by atoms with Gasteiger partial charge in [-0.05, 0) is 25.1 Å². The quantitative estimate of drug-likeness (QED) is 0.644. The molecule has 2 aromatic heterocycles. The van der Waals surface area contributed by atoms with Crippen LogP contribution < -0.4 is 16.9 Å². The average Bonchev–Trinajstić information content (AvgIpc) is 2.73. The number of hydrogen-bond acceptors (Lipinski definition) is 3. The molecule has 0 aliphatic carbocycles. The summed E-state index contributed by atoms with van der Waals surface area (Å²) < 4.78 is 2.86. The summed E-state index contributed by atoms with van der Waals surface area (Å²) in [6.45, 7) is 1.75. The Hall–Kier alpha value is -2.76. The van der Waals surface area contributed by atoms with Crippen LogP contribution in [-0.4, -0.2) is 14.3 Å². The maximum atomic E-state index is 12.5. The molecule has 3 rings (SSSR count). The van der Waals surface area contributed by atoms with Crippen LogP contribution in [0.15, 0.2) is 39.9 Å². The SMILES string of the molecule is Cc1c2c(=O)n(-c3cccc(N)c3)[nH]c2cc(=O)n1C. The van der Waals surface area contributed by atoms with Crippen LogP contribution in [0.4, 0.5) is 5.69 Å². The Morgan fingerprint density at radius 2 is 1.95 bits per heavy atom. The van der Waals surface area contributed by atoms with Crippen molar-refractivity contribution in [2.45, 2.75) is 6.92 Å². The third-order valence-electron chi connectivity index (χ3n) is 3.51. The number of H-pyrrole nitrogens is 1. The Morgan fingerprint density at radius 3 is 2.65 bits per heavy atom. The molecule has 0 spiro atoms. The lowest BCUT2D eigenvalue weighted by atomic mass is 10.2. The monoisotopic (exact) mass is 270 g/mol. The van der Waals surface area contributed by atoms with Crippen molar-refractivity contribution >= 4 is 16.6 Å². The highest BCUT2D eigenvalue weighted by Gasteiger charge is 2.13. The highest BCUT2D eigenvalue weighted by Crippen LogP contribution is 2.14. The van der Waals surface area contributed by atoms with E-state index in [0.717, 1.165) is 0 Å². The van der Waals surface area contributed by atoms with Gasteiger partial charge in [0.15, 0.2) is 0 Å². The molecule has 3 aromatic rings. The number of nitrogens with one attached hydrogen (secondary N) is 1. The van der Waals surface area contributed by atoms with Crippen LogP contribution in [0.1, 0.15) is 5.69 Å². The van der Waals surface area contributed by atoms with Gasteiger partial charge in [-0.15, -0.1) is 0 Å². The number of anilines is 1. The van der Waals surface area contributed by atoms with Gasteiger partial charge < -0.3 is 10.3 Å². The van der Waals surface area contributed by atoms with Crippen molar-refractivity contribution in [3.8, 4) is 5.69 Å². The highest BCUT2D eigenvalue weighted by molar-refractivity contribution is 5.80. The zero-order valence-corrected chi connectivity index (χ0v) is 11.2. The molecule has 0 aliphatic heterocycles. The molecule has 6 nitrogen and oxygen atoms in total. The third kappa shape index (κ3) is 1.65. The smallest absolute Gasteiger partial charge is 0.280 e. The van der Waals surface area contributed by atoms with Crippen LogP contribution in [0.2, 0.25) is 0 Å². The molecule has 0 unspecified atom stereocenters. The van der Waals surface area contributed by atoms with Gasteiger partial charge in [0.2, 0.25) is 0 Å². The molecule has 6 heteroatoms. The number of hydrogen-bond donors (Lipinski definition) is 2. The summed E-state index contributed by atoms with van der Waals surface area (Å²) in [6.07, 6.45) is 0. The second-order valence-electron chi connectivity index (χ2n) is 4.76. The van der Waals surface area contributed by atoms with Crippen LogP contribution in [0.5, 0.6) is 0 Å². The second kappa shape index (κ2) is 4.12. The van der Waals surface area contributed by atoms with Crippen molar-refractivity contribution in [1.29, 1.82) is 0 Å². The second-order valence-corrected chi connectivity index (χ2v) is 4.76. The predicted molar refractivity (Wildman–Crippen MR) is 78.3 cm³/mol. The van der Waals surface area contributed by atoms with E-state index in [0.29, 0.717) is 28.0 Å². The van der Waals surface area contributed by atoms with Gasteiger partial charge in [-0.25, -0.2) is 4.68 Å². The summed E-state index contributed by atoms with van der Waals surface area (Å²) in [5, 5.41) is 3.46. The number of aromatic nitrogens is 3. The number of aryl methyl sites for hydroxylation is 1. The van der Waals surface area contributed by atoms with E-state index in [1.165, 1.54) is 15.3 Å². The van der Waals surface area contributed by atoms with Gasteiger partial charge in [-0.2, -0.15) is 0 Å². The maximum Gasteiger partial charge on any atom is 0.280 e. The topological polar surface area (TPSA) is 85.8 Å². The summed E-state index contributed by atoms with van der Waals surface area (Å²) >= 11 is 0. The van der Waals surface area contributed by atoms with Gasteiger partial charge in [-0.3, -0.25) is 14.7 Å². The minimum absolute atomic E-state index is 0.157. The molecule has 20 heavy (non-hydrogen) atoms. The van der Waals surface area contributed by atoms with Crippen molar-refractivity contribution in [2.75, 3.05) is 5.73 Å². The Kier molecular flexibility index (Phi) is 2.53. The fourth-order valence-corrected chi connectivity index (χ4v) is 2.31. The van der Waals surface area contributed by atoms with Crippen LogP contribution in [0.3, 0.4) is 0 Å². The molecule has 0 fully saturated rings.